The minimum atomic E-state index is -5.15. The zero-order valence-electron chi connectivity index (χ0n) is 14.8. The Kier molecular flexibility index (Phi) is 5.50. The van der Waals surface area contributed by atoms with Crippen LogP contribution in [0.15, 0.2) is 30.3 Å². The summed E-state index contributed by atoms with van der Waals surface area (Å²) < 4.78 is 61.1. The van der Waals surface area contributed by atoms with Crippen LogP contribution < -0.4 is 29.6 Å². The van der Waals surface area contributed by atoms with Gasteiger partial charge in [-0.15, -0.1) is 0 Å². The van der Waals surface area contributed by atoms with E-state index in [2.05, 4.69) is 5.32 Å². The molecule has 2 aromatic rings. The van der Waals surface area contributed by atoms with Crippen LogP contribution in [0.3, 0.4) is 0 Å². The maximum absolute atomic E-state index is 13.7. The van der Waals surface area contributed by atoms with E-state index in [-0.39, 0.29) is 33.0 Å². The van der Waals surface area contributed by atoms with Gasteiger partial charge in [-0.1, -0.05) is 23.2 Å². The van der Waals surface area contributed by atoms with Gasteiger partial charge in [0, 0.05) is 18.2 Å². The molecule has 2 N–H and O–H groups in total. The molecule has 0 aliphatic carbocycles. The summed E-state index contributed by atoms with van der Waals surface area (Å²) in [5.41, 5.74) is 0.0877. The number of rotatable bonds is 4. The number of ether oxygens (including phenoxy) is 4. The second-order valence-corrected chi connectivity index (χ2v) is 6.49. The first-order valence-electron chi connectivity index (χ1n) is 7.83. The van der Waals surface area contributed by atoms with Crippen LogP contribution in [0.25, 0.3) is 0 Å². The van der Waals surface area contributed by atoms with E-state index in [0.29, 0.717) is 5.75 Å². The zero-order valence-corrected chi connectivity index (χ0v) is 16.3. The number of nitrogens with one attached hydrogen (secondary N) is 2. The number of anilines is 1. The Morgan fingerprint density at radius 2 is 1.62 bits per heavy atom. The lowest BCUT2D eigenvalue weighted by atomic mass is 10.2. The van der Waals surface area contributed by atoms with E-state index < -0.39 is 18.1 Å². The maximum atomic E-state index is 13.7. The molecule has 7 nitrogen and oxygen atoms in total. The van der Waals surface area contributed by atoms with Crippen LogP contribution in [0, 0.1) is 0 Å². The number of hydrogen-bond acceptors (Lipinski definition) is 5. The smallest absolute Gasteiger partial charge is 0.492 e. The van der Waals surface area contributed by atoms with Crippen LogP contribution in [0.2, 0.25) is 10.0 Å². The third kappa shape index (κ3) is 4.03. The Morgan fingerprint density at radius 1 is 1.03 bits per heavy atom. The van der Waals surface area contributed by atoms with Crippen molar-refractivity contribution >= 4 is 34.9 Å². The first-order valence-corrected chi connectivity index (χ1v) is 8.59. The number of carbonyl (C=O) groups excluding carboxylic acids is 1. The summed E-state index contributed by atoms with van der Waals surface area (Å²) in [5, 5.41) is 3.81. The Hall–Kier alpha value is -2.72. The molecule has 156 valence electrons. The minimum Gasteiger partial charge on any atom is -0.497 e. The van der Waals surface area contributed by atoms with Crippen LogP contribution in [0.5, 0.6) is 23.0 Å². The molecule has 1 aliphatic rings. The molecule has 0 aromatic heterocycles. The van der Waals surface area contributed by atoms with Crippen molar-refractivity contribution < 1.29 is 36.9 Å². The summed E-state index contributed by atoms with van der Waals surface area (Å²) in [5.74, 6) is -3.56. The topological polar surface area (TPSA) is 78.1 Å². The van der Waals surface area contributed by atoms with Crippen molar-refractivity contribution in [1.29, 1.82) is 0 Å². The van der Waals surface area contributed by atoms with Crippen molar-refractivity contribution in [2.24, 2.45) is 0 Å². The Bertz CT molecular complexity index is 924. The molecule has 0 bridgehead atoms. The third-order valence-corrected chi connectivity index (χ3v) is 4.52. The molecule has 3 rings (SSSR count). The normalized spacial score (nSPS) is 14.3. The molecule has 2 aromatic carbocycles. The Morgan fingerprint density at radius 3 is 2.10 bits per heavy atom. The molecule has 1 aliphatic heterocycles. The fraction of sp³-hybridized carbons (Fsp3) is 0.235. The van der Waals surface area contributed by atoms with Gasteiger partial charge in [-0.3, -0.25) is 5.32 Å². The highest BCUT2D eigenvalue weighted by Crippen LogP contribution is 2.48. The molecule has 0 unspecified atom stereocenters. The summed E-state index contributed by atoms with van der Waals surface area (Å²) >= 11 is 11.6. The van der Waals surface area contributed by atoms with Crippen LogP contribution in [-0.2, 0) is 0 Å². The van der Waals surface area contributed by atoms with Crippen LogP contribution in [-0.4, -0.2) is 32.3 Å². The molecule has 2 amide bonds. The quantitative estimate of drug-likeness (QED) is 0.695. The first kappa shape index (κ1) is 21.0. The zero-order chi connectivity index (χ0) is 21.4. The van der Waals surface area contributed by atoms with Gasteiger partial charge in [0.25, 0.3) is 0 Å². The van der Waals surface area contributed by atoms with E-state index in [1.807, 2.05) is 0 Å². The highest BCUT2D eigenvalue weighted by molar-refractivity contribution is 6.42. The van der Waals surface area contributed by atoms with Gasteiger partial charge in [0.05, 0.1) is 30.0 Å². The van der Waals surface area contributed by atoms with Crippen molar-refractivity contribution in [2.45, 2.75) is 12.1 Å². The largest absolute Gasteiger partial charge is 0.497 e. The minimum absolute atomic E-state index is 0.0422. The van der Waals surface area contributed by atoms with Gasteiger partial charge in [-0.25, -0.2) is 4.79 Å². The van der Waals surface area contributed by atoms with Crippen LogP contribution in [0.1, 0.15) is 0 Å². The van der Waals surface area contributed by atoms with Gasteiger partial charge in [0.2, 0.25) is 0 Å². The molecule has 12 heteroatoms. The molecule has 0 fully saturated rings. The molecular formula is C17H13Cl2F3N2O5. The number of methoxy groups -OCH3 is 2. The van der Waals surface area contributed by atoms with Crippen molar-refractivity contribution in [3.05, 3.63) is 40.4 Å². The summed E-state index contributed by atoms with van der Waals surface area (Å²) in [4.78, 5) is 12.3. The van der Waals surface area contributed by atoms with Crippen molar-refractivity contribution in [2.75, 3.05) is 19.5 Å². The van der Waals surface area contributed by atoms with E-state index in [1.165, 1.54) is 32.4 Å². The van der Waals surface area contributed by atoms with Gasteiger partial charge in [-0.05, 0) is 12.1 Å². The summed E-state index contributed by atoms with van der Waals surface area (Å²) in [6.07, 6.45) is -5.15. The number of urea groups is 1. The lowest BCUT2D eigenvalue weighted by molar-refractivity contribution is -0.317. The van der Waals surface area contributed by atoms with E-state index in [9.17, 15) is 18.0 Å². The average molecular weight is 453 g/mol. The number of amides is 2. The molecule has 0 saturated heterocycles. The second-order valence-electron chi connectivity index (χ2n) is 5.68. The lowest BCUT2D eigenvalue weighted by Crippen LogP contribution is -2.65. The van der Waals surface area contributed by atoms with Gasteiger partial charge in [0.15, 0.2) is 11.5 Å². The summed E-state index contributed by atoms with van der Waals surface area (Å²) in [6.45, 7) is 0. The fourth-order valence-electron chi connectivity index (χ4n) is 2.44. The number of alkyl halides is 3. The molecule has 0 atom stereocenters. The SMILES string of the molecule is COc1ccc(NC(=O)NC2(C(F)(F)F)Oc3cc(Cl)c(Cl)cc3O2)c(OC)c1. The fourth-order valence-corrected chi connectivity index (χ4v) is 2.75. The van der Waals surface area contributed by atoms with Gasteiger partial charge in [-0.2, -0.15) is 13.2 Å². The Balaban J connectivity index is 1.85. The van der Waals surface area contributed by atoms with Gasteiger partial charge < -0.3 is 24.3 Å². The predicted octanol–water partition coefficient (Wildman–Crippen LogP) is 4.82. The highest BCUT2D eigenvalue weighted by atomic mass is 35.5. The highest BCUT2D eigenvalue weighted by Gasteiger charge is 2.66. The monoisotopic (exact) mass is 452 g/mol. The number of halogens is 5. The third-order valence-electron chi connectivity index (χ3n) is 3.80. The standard InChI is InChI=1S/C17H13Cl2F3N2O5/c1-26-8-3-4-11(12(5-8)27-2)23-15(25)24-17(16(20,21)22)28-13-6-9(18)10(19)7-14(13)29-17/h3-7H,1-2H3,(H2,23,24,25). The number of benzene rings is 2. The lowest BCUT2D eigenvalue weighted by Gasteiger charge is -2.29. The van der Waals surface area contributed by atoms with Crippen LogP contribution >= 0.6 is 23.2 Å². The van der Waals surface area contributed by atoms with Gasteiger partial charge in [0.1, 0.15) is 11.5 Å². The Labute approximate surface area is 172 Å². The van der Waals surface area contributed by atoms with Gasteiger partial charge >= 0.3 is 18.1 Å². The number of fused-ring (bicyclic) bond motifs is 1. The molecule has 1 heterocycles. The summed E-state index contributed by atoms with van der Waals surface area (Å²) in [6, 6.07) is 5.16. The molecule has 29 heavy (non-hydrogen) atoms. The average Bonchev–Trinajstić information content (AvgIpc) is 3.00. The number of carbonyl (C=O) groups is 1. The maximum Gasteiger partial charge on any atom is 0.492 e. The van der Waals surface area contributed by atoms with E-state index in [1.54, 1.807) is 5.32 Å². The van der Waals surface area contributed by atoms with Crippen molar-refractivity contribution in [1.82, 2.24) is 5.32 Å². The predicted molar refractivity (Wildman–Crippen MR) is 98.2 cm³/mol. The molecular weight excluding hydrogens is 440 g/mol. The number of hydrogen-bond donors (Lipinski definition) is 2. The molecule has 0 radical (unpaired) electrons. The molecule has 0 spiro atoms. The van der Waals surface area contributed by atoms with E-state index >= 15 is 0 Å². The van der Waals surface area contributed by atoms with Crippen molar-refractivity contribution in [3.8, 4) is 23.0 Å². The van der Waals surface area contributed by atoms with Crippen LogP contribution in [0.4, 0.5) is 23.7 Å². The second kappa shape index (κ2) is 7.60. The van der Waals surface area contributed by atoms with E-state index in [4.69, 9.17) is 42.1 Å². The molecule has 0 saturated carbocycles. The summed E-state index contributed by atoms with van der Waals surface area (Å²) in [7, 11) is 2.75. The van der Waals surface area contributed by atoms with Crippen molar-refractivity contribution in [3.63, 3.8) is 0 Å². The van der Waals surface area contributed by atoms with E-state index in [0.717, 1.165) is 12.1 Å². The first-order chi connectivity index (χ1) is 13.6.